The maximum atomic E-state index is 11.3. The molecular formula is C19H20O2. The molecular weight excluding hydrogens is 260 g/mol. The van der Waals surface area contributed by atoms with Crippen molar-refractivity contribution in [1.82, 2.24) is 0 Å². The van der Waals surface area contributed by atoms with Crippen molar-refractivity contribution < 1.29 is 9.84 Å². The zero-order chi connectivity index (χ0) is 14.3. The topological polar surface area (TPSA) is 29.5 Å². The van der Waals surface area contributed by atoms with Crippen LogP contribution in [0.4, 0.5) is 0 Å². The van der Waals surface area contributed by atoms with Crippen LogP contribution >= 0.6 is 0 Å². The molecule has 0 amide bonds. The van der Waals surface area contributed by atoms with Crippen LogP contribution in [0, 0.1) is 0 Å². The highest BCUT2D eigenvalue weighted by molar-refractivity contribution is 5.45. The summed E-state index contributed by atoms with van der Waals surface area (Å²) in [5, 5.41) is 11.3. The summed E-state index contributed by atoms with van der Waals surface area (Å²) in [7, 11) is 0. The summed E-state index contributed by atoms with van der Waals surface area (Å²) in [6.07, 6.45) is 5.53. The molecule has 2 aliphatic rings. The molecule has 108 valence electrons. The van der Waals surface area contributed by atoms with E-state index in [4.69, 9.17) is 4.74 Å². The molecule has 2 aromatic rings. The fourth-order valence-electron chi connectivity index (χ4n) is 3.32. The second kappa shape index (κ2) is 4.88. The van der Waals surface area contributed by atoms with E-state index < -0.39 is 5.60 Å². The molecule has 2 nitrogen and oxygen atoms in total. The van der Waals surface area contributed by atoms with Crippen molar-refractivity contribution in [2.45, 2.75) is 43.8 Å². The van der Waals surface area contributed by atoms with E-state index in [2.05, 4.69) is 18.2 Å². The fourth-order valence-corrected chi connectivity index (χ4v) is 3.32. The number of hydrogen-bond acceptors (Lipinski definition) is 2. The molecule has 0 heterocycles. The minimum absolute atomic E-state index is 0.383. The van der Waals surface area contributed by atoms with Gasteiger partial charge in [-0.05, 0) is 60.9 Å². The summed E-state index contributed by atoms with van der Waals surface area (Å²) in [5.74, 6) is 0.881. The van der Waals surface area contributed by atoms with Gasteiger partial charge in [0.15, 0.2) is 0 Å². The SMILES string of the molecule is OC1(c2cccc(OC3CC3)c2)CCCc2ccccc21. The van der Waals surface area contributed by atoms with Gasteiger partial charge >= 0.3 is 0 Å². The molecule has 21 heavy (non-hydrogen) atoms. The molecule has 2 aliphatic carbocycles. The lowest BCUT2D eigenvalue weighted by molar-refractivity contribution is 0.0612. The van der Waals surface area contributed by atoms with Crippen LogP contribution in [0.15, 0.2) is 48.5 Å². The van der Waals surface area contributed by atoms with E-state index >= 15 is 0 Å². The van der Waals surface area contributed by atoms with E-state index in [0.29, 0.717) is 6.10 Å². The maximum absolute atomic E-state index is 11.3. The Labute approximate surface area is 125 Å². The minimum Gasteiger partial charge on any atom is -0.490 e. The Bertz CT molecular complexity index is 660. The number of aryl methyl sites for hydroxylation is 1. The van der Waals surface area contributed by atoms with Gasteiger partial charge in [0.2, 0.25) is 0 Å². The largest absolute Gasteiger partial charge is 0.490 e. The molecule has 0 radical (unpaired) electrons. The van der Waals surface area contributed by atoms with Gasteiger partial charge in [-0.25, -0.2) is 0 Å². The fraction of sp³-hybridized carbons (Fsp3) is 0.368. The lowest BCUT2D eigenvalue weighted by atomic mass is 9.75. The molecule has 4 rings (SSSR count). The second-order valence-electron chi connectivity index (χ2n) is 6.22. The van der Waals surface area contributed by atoms with Gasteiger partial charge in [0, 0.05) is 0 Å². The van der Waals surface area contributed by atoms with Crippen LogP contribution < -0.4 is 4.74 Å². The molecule has 0 bridgehead atoms. The molecule has 2 heteroatoms. The van der Waals surface area contributed by atoms with Gasteiger partial charge in [-0.1, -0.05) is 36.4 Å². The number of hydrogen-bond donors (Lipinski definition) is 1. The summed E-state index contributed by atoms with van der Waals surface area (Å²) in [5.41, 5.74) is 2.39. The molecule has 1 N–H and O–H groups in total. The molecule has 1 saturated carbocycles. The number of ether oxygens (including phenoxy) is 1. The smallest absolute Gasteiger partial charge is 0.120 e. The van der Waals surface area contributed by atoms with Crippen molar-refractivity contribution >= 4 is 0 Å². The van der Waals surface area contributed by atoms with Gasteiger partial charge in [-0.3, -0.25) is 0 Å². The van der Waals surface area contributed by atoms with Crippen molar-refractivity contribution in [1.29, 1.82) is 0 Å². The zero-order valence-electron chi connectivity index (χ0n) is 12.1. The lowest BCUT2D eigenvalue weighted by Gasteiger charge is -2.35. The Morgan fingerprint density at radius 1 is 1.05 bits per heavy atom. The second-order valence-corrected chi connectivity index (χ2v) is 6.22. The highest BCUT2D eigenvalue weighted by Gasteiger charge is 2.36. The monoisotopic (exact) mass is 280 g/mol. The van der Waals surface area contributed by atoms with Crippen molar-refractivity contribution in [3.63, 3.8) is 0 Å². The van der Waals surface area contributed by atoms with Gasteiger partial charge < -0.3 is 9.84 Å². The van der Waals surface area contributed by atoms with Gasteiger partial charge in [-0.15, -0.1) is 0 Å². The highest BCUT2D eigenvalue weighted by atomic mass is 16.5. The number of aliphatic hydroxyl groups is 1. The quantitative estimate of drug-likeness (QED) is 0.926. The van der Waals surface area contributed by atoms with Crippen LogP contribution in [0.5, 0.6) is 5.75 Å². The molecule has 1 fully saturated rings. The summed E-state index contributed by atoms with van der Waals surface area (Å²) >= 11 is 0. The third-order valence-electron chi connectivity index (χ3n) is 4.59. The van der Waals surface area contributed by atoms with Crippen LogP contribution in [0.1, 0.15) is 42.4 Å². The van der Waals surface area contributed by atoms with Crippen LogP contribution in [-0.4, -0.2) is 11.2 Å². The Morgan fingerprint density at radius 3 is 2.76 bits per heavy atom. The Morgan fingerprint density at radius 2 is 1.90 bits per heavy atom. The molecule has 0 spiro atoms. The molecule has 0 aromatic heterocycles. The highest BCUT2D eigenvalue weighted by Crippen LogP contribution is 2.41. The zero-order valence-corrected chi connectivity index (χ0v) is 12.1. The molecule has 2 aromatic carbocycles. The molecule has 0 aliphatic heterocycles. The predicted molar refractivity (Wildman–Crippen MR) is 82.5 cm³/mol. The minimum atomic E-state index is -0.877. The first kappa shape index (κ1) is 12.9. The number of fused-ring (bicyclic) bond motifs is 1. The molecule has 0 saturated heterocycles. The third kappa shape index (κ3) is 2.34. The molecule has 1 unspecified atom stereocenters. The van der Waals surface area contributed by atoms with Gasteiger partial charge in [0.25, 0.3) is 0 Å². The Hall–Kier alpha value is -1.80. The van der Waals surface area contributed by atoms with E-state index in [0.717, 1.165) is 49.0 Å². The van der Waals surface area contributed by atoms with Crippen molar-refractivity contribution in [2.75, 3.05) is 0 Å². The molecule has 1 atom stereocenters. The van der Waals surface area contributed by atoms with E-state index in [1.54, 1.807) is 0 Å². The predicted octanol–water partition coefficient (Wildman–Crippen LogP) is 3.80. The normalized spacial score (nSPS) is 24.4. The van der Waals surface area contributed by atoms with Crippen LogP contribution in [0.25, 0.3) is 0 Å². The average molecular weight is 280 g/mol. The Balaban J connectivity index is 1.75. The summed E-state index contributed by atoms with van der Waals surface area (Å²) in [6.45, 7) is 0. The van der Waals surface area contributed by atoms with E-state index in [1.165, 1.54) is 5.56 Å². The Kier molecular flexibility index (Phi) is 3.00. The van der Waals surface area contributed by atoms with Crippen LogP contribution in [0.2, 0.25) is 0 Å². The first-order valence-corrected chi connectivity index (χ1v) is 7.84. The average Bonchev–Trinajstić information content (AvgIpc) is 3.32. The standard InChI is InChI=1S/C19H20O2/c20-19(12-4-6-14-5-1-2-9-18(14)19)15-7-3-8-17(13-15)21-16-10-11-16/h1-3,5,7-9,13,16,20H,4,6,10-12H2. The van der Waals surface area contributed by atoms with Crippen molar-refractivity contribution in [3.8, 4) is 5.75 Å². The van der Waals surface area contributed by atoms with Gasteiger partial charge in [0.05, 0.1) is 6.10 Å². The van der Waals surface area contributed by atoms with Crippen LogP contribution in [-0.2, 0) is 12.0 Å². The number of rotatable bonds is 3. The van der Waals surface area contributed by atoms with E-state index in [-0.39, 0.29) is 0 Å². The third-order valence-corrected chi connectivity index (χ3v) is 4.59. The maximum Gasteiger partial charge on any atom is 0.120 e. The van der Waals surface area contributed by atoms with Gasteiger partial charge in [0.1, 0.15) is 11.4 Å². The first-order chi connectivity index (χ1) is 10.3. The van der Waals surface area contributed by atoms with Gasteiger partial charge in [-0.2, -0.15) is 0 Å². The van der Waals surface area contributed by atoms with E-state index in [9.17, 15) is 5.11 Å². The van der Waals surface area contributed by atoms with Crippen molar-refractivity contribution in [3.05, 3.63) is 65.2 Å². The first-order valence-electron chi connectivity index (χ1n) is 7.84. The van der Waals surface area contributed by atoms with E-state index in [1.807, 2.05) is 30.3 Å². The van der Waals surface area contributed by atoms with Crippen molar-refractivity contribution in [2.24, 2.45) is 0 Å². The summed E-state index contributed by atoms with van der Waals surface area (Å²) in [6, 6.07) is 16.3. The summed E-state index contributed by atoms with van der Waals surface area (Å²) in [4.78, 5) is 0. The van der Waals surface area contributed by atoms with Crippen LogP contribution in [0.3, 0.4) is 0 Å². The summed E-state index contributed by atoms with van der Waals surface area (Å²) < 4.78 is 5.88. The number of benzene rings is 2. The lowest BCUT2D eigenvalue weighted by Crippen LogP contribution is -2.31.